The van der Waals surface area contributed by atoms with Crippen molar-refractivity contribution in [3.63, 3.8) is 0 Å². The lowest BCUT2D eigenvalue weighted by Gasteiger charge is -2.26. The number of methoxy groups -OCH3 is 2. The number of aromatic hydroxyl groups is 1. The molecule has 2 N–H and O–H groups in total. The molecule has 0 aliphatic carbocycles. The van der Waals surface area contributed by atoms with Crippen molar-refractivity contribution in [2.75, 3.05) is 14.2 Å². The number of rotatable bonds is 6. The van der Waals surface area contributed by atoms with Crippen molar-refractivity contribution in [3.05, 3.63) is 22.6 Å². The number of nitrogens with zero attached hydrogens (tertiary/aromatic N) is 1. The molecular formula is C17H19NO6S2. The van der Waals surface area contributed by atoms with E-state index in [1.165, 1.54) is 14.2 Å². The number of hydrogen-bond donors (Lipinski definition) is 2. The van der Waals surface area contributed by atoms with Crippen LogP contribution in [0.5, 0.6) is 17.2 Å². The summed E-state index contributed by atoms with van der Waals surface area (Å²) in [5, 5.41) is 19.4. The fourth-order valence-corrected chi connectivity index (χ4v) is 3.89. The molecule has 0 bridgehead atoms. The summed E-state index contributed by atoms with van der Waals surface area (Å²) in [7, 11) is 2.80. The minimum atomic E-state index is -1.11. The van der Waals surface area contributed by atoms with Gasteiger partial charge in [0.2, 0.25) is 5.75 Å². The van der Waals surface area contributed by atoms with Gasteiger partial charge in [-0.3, -0.25) is 9.69 Å². The minimum Gasteiger partial charge on any atom is -0.502 e. The highest BCUT2D eigenvalue weighted by Crippen LogP contribution is 2.40. The maximum Gasteiger partial charge on any atom is 0.327 e. The molecule has 0 unspecified atom stereocenters. The Labute approximate surface area is 160 Å². The second-order valence-electron chi connectivity index (χ2n) is 5.85. The van der Waals surface area contributed by atoms with E-state index in [-0.39, 0.29) is 32.4 Å². The van der Waals surface area contributed by atoms with E-state index in [0.29, 0.717) is 5.56 Å². The van der Waals surface area contributed by atoms with Crippen LogP contribution in [0.25, 0.3) is 6.08 Å². The summed E-state index contributed by atoms with van der Waals surface area (Å²) in [6.45, 7) is 3.44. The number of carboxylic acid groups (broad SMARTS) is 1. The van der Waals surface area contributed by atoms with E-state index in [9.17, 15) is 19.8 Å². The van der Waals surface area contributed by atoms with Crippen molar-refractivity contribution in [1.29, 1.82) is 0 Å². The van der Waals surface area contributed by atoms with E-state index >= 15 is 0 Å². The average Bonchev–Trinajstić information content (AvgIpc) is 2.83. The number of ether oxygens (including phenoxy) is 2. The molecule has 0 saturated carbocycles. The van der Waals surface area contributed by atoms with Crippen LogP contribution in [0.3, 0.4) is 0 Å². The molecule has 0 spiro atoms. The smallest absolute Gasteiger partial charge is 0.327 e. The van der Waals surface area contributed by atoms with Crippen LogP contribution in [0, 0.1) is 5.92 Å². The Morgan fingerprint density at radius 2 is 1.81 bits per heavy atom. The molecule has 1 aliphatic rings. The minimum absolute atomic E-state index is 0.148. The van der Waals surface area contributed by atoms with E-state index < -0.39 is 17.9 Å². The van der Waals surface area contributed by atoms with Gasteiger partial charge in [-0.25, -0.2) is 4.79 Å². The summed E-state index contributed by atoms with van der Waals surface area (Å²) >= 11 is 6.25. The van der Waals surface area contributed by atoms with Crippen molar-refractivity contribution in [2.24, 2.45) is 5.92 Å². The fourth-order valence-electron chi connectivity index (χ4n) is 2.56. The van der Waals surface area contributed by atoms with Gasteiger partial charge < -0.3 is 19.7 Å². The molecule has 2 rings (SSSR count). The van der Waals surface area contributed by atoms with Crippen molar-refractivity contribution < 1.29 is 29.3 Å². The quantitative estimate of drug-likeness (QED) is 0.559. The molecule has 1 fully saturated rings. The number of benzene rings is 1. The number of hydrogen-bond acceptors (Lipinski definition) is 7. The van der Waals surface area contributed by atoms with Gasteiger partial charge in [-0.2, -0.15) is 0 Å². The molecule has 7 nitrogen and oxygen atoms in total. The van der Waals surface area contributed by atoms with Crippen molar-refractivity contribution in [2.45, 2.75) is 19.9 Å². The lowest BCUT2D eigenvalue weighted by molar-refractivity contribution is -0.146. The lowest BCUT2D eigenvalue weighted by atomic mass is 10.0. The van der Waals surface area contributed by atoms with Crippen molar-refractivity contribution >= 4 is 46.3 Å². The topological polar surface area (TPSA) is 96.3 Å². The van der Waals surface area contributed by atoms with E-state index in [0.717, 1.165) is 16.7 Å². The summed E-state index contributed by atoms with van der Waals surface area (Å²) in [5.74, 6) is -1.64. The van der Waals surface area contributed by atoms with Crippen LogP contribution in [-0.2, 0) is 9.59 Å². The SMILES string of the molecule is COc1cc(/C=C2\SC(=S)N([C@H](C(=O)O)C(C)C)C2=O)cc(OC)c1O. The average molecular weight is 397 g/mol. The zero-order valence-corrected chi connectivity index (χ0v) is 16.3. The predicted octanol–water partition coefficient (Wildman–Crippen LogP) is 2.72. The third-order valence-electron chi connectivity index (χ3n) is 3.79. The zero-order chi connectivity index (χ0) is 19.6. The number of amides is 1. The summed E-state index contributed by atoms with van der Waals surface area (Å²) in [4.78, 5) is 25.7. The number of thiocarbonyl (C=S) groups is 1. The molecule has 0 radical (unpaired) electrons. The second-order valence-corrected chi connectivity index (χ2v) is 7.53. The van der Waals surface area contributed by atoms with Crippen molar-refractivity contribution in [3.8, 4) is 17.2 Å². The molecule has 1 atom stereocenters. The Morgan fingerprint density at radius 3 is 2.23 bits per heavy atom. The maximum atomic E-state index is 12.7. The highest BCUT2D eigenvalue weighted by Gasteiger charge is 2.41. The second kappa shape index (κ2) is 7.96. The van der Waals surface area contributed by atoms with Gasteiger partial charge in [-0.15, -0.1) is 0 Å². The predicted molar refractivity (Wildman–Crippen MR) is 102 cm³/mol. The maximum absolute atomic E-state index is 12.7. The normalized spacial score (nSPS) is 17.1. The van der Waals surface area contributed by atoms with Crippen LogP contribution < -0.4 is 9.47 Å². The number of carbonyl (C=O) groups excluding carboxylic acids is 1. The number of aliphatic carboxylic acids is 1. The summed E-state index contributed by atoms with van der Waals surface area (Å²) in [6.07, 6.45) is 1.56. The Bertz CT molecular complexity index is 764. The first kappa shape index (κ1) is 20.1. The Balaban J connectivity index is 2.43. The van der Waals surface area contributed by atoms with E-state index in [4.69, 9.17) is 21.7 Å². The van der Waals surface area contributed by atoms with Gasteiger partial charge in [0.05, 0.1) is 19.1 Å². The Hall–Kier alpha value is -2.26. The number of carboxylic acids is 1. The first-order valence-electron chi connectivity index (χ1n) is 7.66. The summed E-state index contributed by atoms with van der Waals surface area (Å²) in [6, 6.07) is 2.06. The molecule has 1 amide bonds. The van der Waals surface area contributed by atoms with Crippen LogP contribution in [-0.4, -0.2) is 51.6 Å². The number of thioether (sulfide) groups is 1. The monoisotopic (exact) mass is 397 g/mol. The van der Waals surface area contributed by atoms with E-state index in [1.54, 1.807) is 32.1 Å². The zero-order valence-electron chi connectivity index (χ0n) is 14.7. The number of carbonyl (C=O) groups is 2. The molecule has 1 saturated heterocycles. The lowest BCUT2D eigenvalue weighted by Crippen LogP contribution is -2.47. The highest BCUT2D eigenvalue weighted by molar-refractivity contribution is 8.26. The standard InChI is InChI=1S/C17H19NO6S2/c1-8(2)13(16(21)22)18-15(20)12(26-17(18)25)7-9-5-10(23-3)14(19)11(6-9)24-4/h5-8,13,19H,1-4H3,(H,21,22)/b12-7-/t13-/m0/s1. The molecule has 26 heavy (non-hydrogen) atoms. The van der Waals surface area contributed by atoms with E-state index in [2.05, 4.69) is 0 Å². The van der Waals surface area contributed by atoms with Crippen LogP contribution in [0.4, 0.5) is 0 Å². The van der Waals surface area contributed by atoms with Crippen LogP contribution >= 0.6 is 24.0 Å². The van der Waals surface area contributed by atoms with Gasteiger partial charge in [0.15, 0.2) is 11.5 Å². The van der Waals surface area contributed by atoms with Crippen LogP contribution in [0.2, 0.25) is 0 Å². The molecule has 9 heteroatoms. The van der Waals surface area contributed by atoms with Gasteiger partial charge in [0.1, 0.15) is 10.4 Å². The summed E-state index contributed by atoms with van der Waals surface area (Å²) < 4.78 is 10.4. The highest BCUT2D eigenvalue weighted by atomic mass is 32.2. The van der Waals surface area contributed by atoms with Gasteiger partial charge in [-0.05, 0) is 29.7 Å². The molecule has 0 aromatic heterocycles. The molecule has 1 aromatic carbocycles. The van der Waals surface area contributed by atoms with Gasteiger partial charge in [-0.1, -0.05) is 37.8 Å². The molecule has 1 aliphatic heterocycles. The van der Waals surface area contributed by atoms with Crippen LogP contribution in [0.15, 0.2) is 17.0 Å². The van der Waals surface area contributed by atoms with Gasteiger partial charge >= 0.3 is 5.97 Å². The van der Waals surface area contributed by atoms with Crippen LogP contribution in [0.1, 0.15) is 19.4 Å². The third-order valence-corrected chi connectivity index (χ3v) is 5.12. The Kier molecular flexibility index (Phi) is 6.14. The van der Waals surface area contributed by atoms with E-state index in [1.807, 2.05) is 0 Å². The third kappa shape index (κ3) is 3.78. The molecular weight excluding hydrogens is 378 g/mol. The summed E-state index contributed by atoms with van der Waals surface area (Å²) in [5.41, 5.74) is 0.549. The number of phenolic OH excluding ortho intramolecular Hbond substituents is 1. The first-order chi connectivity index (χ1) is 12.2. The molecule has 1 heterocycles. The number of phenols is 1. The van der Waals surface area contributed by atoms with Gasteiger partial charge in [0.25, 0.3) is 5.91 Å². The fraction of sp³-hybridized carbons (Fsp3) is 0.353. The Morgan fingerprint density at radius 1 is 1.27 bits per heavy atom. The largest absolute Gasteiger partial charge is 0.502 e. The molecule has 1 aromatic rings. The first-order valence-corrected chi connectivity index (χ1v) is 8.88. The van der Waals surface area contributed by atoms with Gasteiger partial charge in [0, 0.05) is 0 Å². The molecule has 140 valence electrons. The van der Waals surface area contributed by atoms with Crippen molar-refractivity contribution in [1.82, 2.24) is 4.90 Å².